The third-order valence-corrected chi connectivity index (χ3v) is 2.51. The summed E-state index contributed by atoms with van der Waals surface area (Å²) < 4.78 is 5.01. The number of carbonyl (C=O) groups is 1. The summed E-state index contributed by atoms with van der Waals surface area (Å²) in [6.07, 6.45) is 0. The number of anilines is 1. The Hall–Kier alpha value is -2.69. The Balaban J connectivity index is 2.15. The van der Waals surface area contributed by atoms with E-state index >= 15 is 0 Å². The van der Waals surface area contributed by atoms with Gasteiger partial charge in [0.25, 0.3) is 5.91 Å². The molecule has 0 unspecified atom stereocenters. The molecule has 0 aliphatic rings. The van der Waals surface area contributed by atoms with E-state index < -0.39 is 5.91 Å². The number of phenolic OH excluding ortho intramolecular Hbond substituents is 2. The summed E-state index contributed by atoms with van der Waals surface area (Å²) in [5.74, 6) is -0.0656. The van der Waals surface area contributed by atoms with Crippen molar-refractivity contribution >= 4 is 11.6 Å². The van der Waals surface area contributed by atoms with Gasteiger partial charge in [0.1, 0.15) is 17.2 Å². The number of aromatic hydroxyl groups is 2. The molecule has 0 bridgehead atoms. The molecule has 3 N–H and O–H groups in total. The Bertz CT molecular complexity index is 573. The first-order valence-electron chi connectivity index (χ1n) is 5.57. The van der Waals surface area contributed by atoms with Gasteiger partial charge in [-0.25, -0.2) is 0 Å². The summed E-state index contributed by atoms with van der Waals surface area (Å²) in [5, 5.41) is 21.3. The molecule has 1 amide bonds. The van der Waals surface area contributed by atoms with Crippen LogP contribution in [0.1, 0.15) is 10.4 Å². The molecule has 0 atom stereocenters. The minimum Gasteiger partial charge on any atom is -0.508 e. The van der Waals surface area contributed by atoms with Gasteiger partial charge in [0, 0.05) is 17.3 Å². The molecule has 0 aliphatic heterocycles. The van der Waals surface area contributed by atoms with Crippen LogP contribution < -0.4 is 10.1 Å². The number of amides is 1. The number of carbonyl (C=O) groups excluding carboxylic acids is 1. The van der Waals surface area contributed by atoms with E-state index in [1.807, 2.05) is 0 Å². The van der Waals surface area contributed by atoms with Gasteiger partial charge >= 0.3 is 0 Å². The molecule has 0 saturated heterocycles. The predicted octanol–water partition coefficient (Wildman–Crippen LogP) is 2.36. The normalized spacial score (nSPS) is 9.95. The van der Waals surface area contributed by atoms with Gasteiger partial charge in [-0.1, -0.05) is 0 Å². The minimum atomic E-state index is -0.420. The quantitative estimate of drug-likeness (QED) is 0.790. The van der Waals surface area contributed by atoms with Gasteiger partial charge in [-0.15, -0.1) is 0 Å². The third-order valence-electron chi connectivity index (χ3n) is 2.51. The number of hydrogen-bond acceptors (Lipinski definition) is 4. The van der Waals surface area contributed by atoms with Crippen LogP contribution in [0.5, 0.6) is 17.2 Å². The summed E-state index contributed by atoms with van der Waals surface area (Å²) in [6, 6.07) is 10.5. The lowest BCUT2D eigenvalue weighted by molar-refractivity contribution is 0.102. The van der Waals surface area contributed by atoms with Crippen LogP contribution in [0.2, 0.25) is 0 Å². The Morgan fingerprint density at radius 3 is 2.16 bits per heavy atom. The molecule has 2 aromatic rings. The molecule has 0 spiro atoms. The molecule has 5 heteroatoms. The van der Waals surface area contributed by atoms with Crippen LogP contribution in [-0.4, -0.2) is 23.2 Å². The second kappa shape index (κ2) is 5.30. The average molecular weight is 259 g/mol. The van der Waals surface area contributed by atoms with E-state index in [0.717, 1.165) is 6.07 Å². The molecule has 5 nitrogen and oxygen atoms in total. The number of rotatable bonds is 3. The highest BCUT2D eigenvalue weighted by Gasteiger charge is 2.09. The fraction of sp³-hybridized carbons (Fsp3) is 0.0714. The predicted molar refractivity (Wildman–Crippen MR) is 70.7 cm³/mol. The van der Waals surface area contributed by atoms with Crippen molar-refractivity contribution in [1.29, 1.82) is 0 Å². The molecule has 19 heavy (non-hydrogen) atoms. The first-order valence-corrected chi connectivity index (χ1v) is 5.57. The van der Waals surface area contributed by atoms with E-state index in [1.54, 1.807) is 31.4 Å². The molecule has 2 rings (SSSR count). The third kappa shape index (κ3) is 3.16. The zero-order valence-corrected chi connectivity index (χ0v) is 10.3. The van der Waals surface area contributed by atoms with Gasteiger partial charge in [0.2, 0.25) is 0 Å². The lowest BCUT2D eigenvalue weighted by Gasteiger charge is -2.07. The summed E-state index contributed by atoms with van der Waals surface area (Å²) >= 11 is 0. The van der Waals surface area contributed by atoms with E-state index in [0.29, 0.717) is 11.4 Å². The van der Waals surface area contributed by atoms with Crippen molar-refractivity contribution in [2.75, 3.05) is 12.4 Å². The highest BCUT2D eigenvalue weighted by Crippen LogP contribution is 2.22. The molecular weight excluding hydrogens is 246 g/mol. The highest BCUT2D eigenvalue weighted by atomic mass is 16.5. The molecule has 2 aromatic carbocycles. The van der Waals surface area contributed by atoms with Gasteiger partial charge in [-0.05, 0) is 36.4 Å². The first kappa shape index (κ1) is 12.8. The first-order chi connectivity index (χ1) is 9.08. The van der Waals surface area contributed by atoms with Crippen LogP contribution in [-0.2, 0) is 0 Å². The van der Waals surface area contributed by atoms with Crippen molar-refractivity contribution in [1.82, 2.24) is 0 Å². The fourth-order valence-corrected chi connectivity index (χ4v) is 1.60. The maximum absolute atomic E-state index is 11.9. The van der Waals surface area contributed by atoms with Crippen LogP contribution in [0.15, 0.2) is 42.5 Å². The van der Waals surface area contributed by atoms with Crippen LogP contribution in [0.25, 0.3) is 0 Å². The molecule has 0 heterocycles. The van der Waals surface area contributed by atoms with Gasteiger partial charge in [0.05, 0.1) is 7.11 Å². The molecule has 0 saturated carbocycles. The number of methoxy groups -OCH3 is 1. The minimum absolute atomic E-state index is 0.167. The van der Waals surface area contributed by atoms with E-state index in [9.17, 15) is 15.0 Å². The molecule has 0 aromatic heterocycles. The zero-order valence-electron chi connectivity index (χ0n) is 10.3. The SMILES string of the molecule is COc1ccc(NC(=O)c2cc(O)cc(O)c2)cc1. The van der Waals surface area contributed by atoms with Crippen molar-refractivity contribution in [2.24, 2.45) is 0 Å². The van der Waals surface area contributed by atoms with Crippen molar-refractivity contribution in [3.05, 3.63) is 48.0 Å². The summed E-state index contributed by atoms with van der Waals surface area (Å²) in [5.41, 5.74) is 0.766. The fourth-order valence-electron chi connectivity index (χ4n) is 1.60. The van der Waals surface area contributed by atoms with Crippen molar-refractivity contribution in [3.8, 4) is 17.2 Å². The van der Waals surface area contributed by atoms with Gasteiger partial charge in [-0.2, -0.15) is 0 Å². The second-order valence-electron chi connectivity index (χ2n) is 3.92. The van der Waals surface area contributed by atoms with Crippen LogP contribution in [0.4, 0.5) is 5.69 Å². The number of hydrogen-bond donors (Lipinski definition) is 3. The molecule has 0 radical (unpaired) electrons. The summed E-state index contributed by atoms with van der Waals surface area (Å²) in [7, 11) is 1.56. The van der Waals surface area contributed by atoms with E-state index in [1.165, 1.54) is 12.1 Å². The largest absolute Gasteiger partial charge is 0.508 e. The van der Waals surface area contributed by atoms with Crippen LogP contribution in [0, 0.1) is 0 Å². The van der Waals surface area contributed by atoms with Crippen LogP contribution in [0.3, 0.4) is 0 Å². The Morgan fingerprint density at radius 2 is 1.63 bits per heavy atom. The van der Waals surface area contributed by atoms with E-state index in [4.69, 9.17) is 4.74 Å². The molecule has 0 aliphatic carbocycles. The molecule has 0 fully saturated rings. The van der Waals surface area contributed by atoms with Gasteiger partial charge in [0.15, 0.2) is 0 Å². The van der Waals surface area contributed by atoms with E-state index in [-0.39, 0.29) is 17.1 Å². The summed E-state index contributed by atoms with van der Waals surface area (Å²) in [6.45, 7) is 0. The second-order valence-corrected chi connectivity index (χ2v) is 3.92. The number of nitrogens with one attached hydrogen (secondary N) is 1. The number of ether oxygens (including phenoxy) is 1. The Morgan fingerprint density at radius 1 is 1.05 bits per heavy atom. The monoisotopic (exact) mass is 259 g/mol. The highest BCUT2D eigenvalue weighted by molar-refractivity contribution is 6.04. The number of benzene rings is 2. The van der Waals surface area contributed by atoms with Gasteiger partial charge < -0.3 is 20.3 Å². The average Bonchev–Trinajstić information content (AvgIpc) is 2.38. The standard InChI is InChI=1S/C14H13NO4/c1-19-13-4-2-10(3-5-13)15-14(18)9-6-11(16)8-12(17)7-9/h2-8,16-17H,1H3,(H,15,18). The lowest BCUT2D eigenvalue weighted by Crippen LogP contribution is -2.11. The smallest absolute Gasteiger partial charge is 0.255 e. The van der Waals surface area contributed by atoms with Crippen LogP contribution >= 0.6 is 0 Å². The maximum Gasteiger partial charge on any atom is 0.255 e. The lowest BCUT2D eigenvalue weighted by atomic mass is 10.2. The number of phenols is 2. The van der Waals surface area contributed by atoms with E-state index in [2.05, 4.69) is 5.32 Å². The Kier molecular flexibility index (Phi) is 3.56. The topological polar surface area (TPSA) is 78.8 Å². The van der Waals surface area contributed by atoms with Gasteiger partial charge in [-0.3, -0.25) is 4.79 Å². The maximum atomic E-state index is 11.9. The van der Waals surface area contributed by atoms with Crippen molar-refractivity contribution in [2.45, 2.75) is 0 Å². The van der Waals surface area contributed by atoms with Crippen molar-refractivity contribution < 1.29 is 19.7 Å². The molecular formula is C14H13NO4. The Labute approximate surface area is 110 Å². The zero-order chi connectivity index (χ0) is 13.8. The van der Waals surface area contributed by atoms with Crippen molar-refractivity contribution in [3.63, 3.8) is 0 Å². The molecule has 98 valence electrons. The summed E-state index contributed by atoms with van der Waals surface area (Å²) in [4.78, 5) is 11.9.